The zero-order valence-electron chi connectivity index (χ0n) is 18.9. The lowest BCUT2D eigenvalue weighted by atomic mass is 10.1. The molecule has 0 N–H and O–H groups in total. The highest BCUT2D eigenvalue weighted by atomic mass is 35.5. The van der Waals surface area contributed by atoms with Gasteiger partial charge in [0.2, 0.25) is 11.6 Å². The number of carbonyl (C=O) groups is 1. The minimum absolute atomic E-state index is 0.00879. The van der Waals surface area contributed by atoms with Gasteiger partial charge in [-0.15, -0.1) is 0 Å². The second-order valence-electron chi connectivity index (χ2n) is 7.92. The van der Waals surface area contributed by atoms with Crippen LogP contribution in [0.15, 0.2) is 65.4 Å². The lowest BCUT2D eigenvalue weighted by Crippen LogP contribution is -2.19. The van der Waals surface area contributed by atoms with E-state index in [2.05, 4.69) is 15.1 Å². The number of rotatable bonds is 6. The number of ether oxygens (including phenoxy) is 1. The molecule has 2 aromatic carbocycles. The van der Waals surface area contributed by atoms with E-state index < -0.39 is 29.0 Å². The molecule has 0 spiro atoms. The van der Waals surface area contributed by atoms with Crippen molar-refractivity contribution < 1.29 is 27.2 Å². The molecule has 3 aromatic heterocycles. The molecule has 0 bridgehead atoms. The normalized spacial score (nSPS) is 11.7. The molecule has 37 heavy (non-hydrogen) atoms. The monoisotopic (exact) mass is 546 g/mol. The van der Waals surface area contributed by atoms with Gasteiger partial charge in [-0.05, 0) is 48.0 Å². The van der Waals surface area contributed by atoms with Crippen LogP contribution in [0.3, 0.4) is 0 Å². The SMILES string of the molecule is COc1ccc2c(c1)c(C(=O)c1noc(-c3cccnc3)n1)c(C(F)(F)F)n2Cc1ccc(Cl)cc1Cl. The highest BCUT2D eigenvalue weighted by Gasteiger charge is 2.42. The van der Waals surface area contributed by atoms with Crippen molar-refractivity contribution in [2.75, 3.05) is 7.11 Å². The Labute approximate surface area is 217 Å². The summed E-state index contributed by atoms with van der Waals surface area (Å²) in [6.45, 7) is -0.284. The molecule has 3 heterocycles. The minimum atomic E-state index is -4.92. The first-order chi connectivity index (χ1) is 17.7. The van der Waals surface area contributed by atoms with Crippen molar-refractivity contribution in [1.29, 1.82) is 0 Å². The molecule has 188 valence electrons. The summed E-state index contributed by atoms with van der Waals surface area (Å²) in [5.41, 5.74) is -0.892. The highest BCUT2D eigenvalue weighted by Crippen LogP contribution is 2.41. The third kappa shape index (κ3) is 4.65. The molecular formula is C25H15Cl2F3N4O3. The second kappa shape index (κ2) is 9.53. The third-order valence-electron chi connectivity index (χ3n) is 5.65. The maximum absolute atomic E-state index is 14.6. The predicted octanol–water partition coefficient (Wildman–Crippen LogP) is 6.70. The Bertz CT molecular complexity index is 1630. The van der Waals surface area contributed by atoms with E-state index in [4.69, 9.17) is 32.5 Å². The zero-order chi connectivity index (χ0) is 26.3. The lowest BCUT2D eigenvalue weighted by Gasteiger charge is -2.15. The Morgan fingerprint density at radius 1 is 1.14 bits per heavy atom. The quantitative estimate of drug-likeness (QED) is 0.220. The van der Waals surface area contributed by atoms with Crippen LogP contribution in [0.25, 0.3) is 22.4 Å². The van der Waals surface area contributed by atoms with Crippen LogP contribution in [0.4, 0.5) is 13.2 Å². The van der Waals surface area contributed by atoms with Crippen LogP contribution >= 0.6 is 23.2 Å². The predicted molar refractivity (Wildman–Crippen MR) is 130 cm³/mol. The molecule has 0 atom stereocenters. The van der Waals surface area contributed by atoms with Gasteiger partial charge in [-0.25, -0.2) is 0 Å². The second-order valence-corrected chi connectivity index (χ2v) is 8.76. The minimum Gasteiger partial charge on any atom is -0.497 e. The lowest BCUT2D eigenvalue weighted by molar-refractivity contribution is -0.143. The van der Waals surface area contributed by atoms with E-state index in [1.54, 1.807) is 12.1 Å². The van der Waals surface area contributed by atoms with E-state index in [1.165, 1.54) is 55.9 Å². The van der Waals surface area contributed by atoms with Gasteiger partial charge in [0.25, 0.3) is 5.89 Å². The van der Waals surface area contributed by atoms with Crippen LogP contribution in [0.5, 0.6) is 5.75 Å². The van der Waals surface area contributed by atoms with Gasteiger partial charge in [0, 0.05) is 39.9 Å². The van der Waals surface area contributed by atoms with Crippen molar-refractivity contribution in [3.05, 3.63) is 93.6 Å². The Kier molecular flexibility index (Phi) is 6.38. The fourth-order valence-electron chi connectivity index (χ4n) is 4.00. The summed E-state index contributed by atoms with van der Waals surface area (Å²) in [5.74, 6) is -1.39. The Morgan fingerprint density at radius 3 is 2.62 bits per heavy atom. The van der Waals surface area contributed by atoms with Gasteiger partial charge in [0.05, 0.1) is 18.2 Å². The van der Waals surface area contributed by atoms with Gasteiger partial charge in [-0.3, -0.25) is 9.78 Å². The van der Waals surface area contributed by atoms with Gasteiger partial charge in [-0.1, -0.05) is 34.4 Å². The molecule has 0 amide bonds. The number of hydrogen-bond donors (Lipinski definition) is 0. The Balaban J connectivity index is 1.73. The molecule has 7 nitrogen and oxygen atoms in total. The Morgan fingerprint density at radius 2 is 1.95 bits per heavy atom. The van der Waals surface area contributed by atoms with Gasteiger partial charge in [0.15, 0.2) is 0 Å². The number of fused-ring (bicyclic) bond motifs is 1. The standard InChI is InChI=1S/C25H15Cl2F3N4O3/c1-36-16-6-7-19-17(10-16)20(21(35)23-32-24(37-33-23)13-3-2-8-31-11-13)22(25(28,29)30)34(19)12-14-4-5-15(26)9-18(14)27/h2-11H,12H2,1H3. The zero-order valence-corrected chi connectivity index (χ0v) is 20.4. The summed E-state index contributed by atoms with van der Waals surface area (Å²) in [5, 5.41) is 4.18. The molecule has 0 aliphatic rings. The number of hydrogen-bond acceptors (Lipinski definition) is 6. The number of methoxy groups -OCH3 is 1. The first-order valence-electron chi connectivity index (χ1n) is 10.7. The summed E-state index contributed by atoms with van der Waals surface area (Å²) in [7, 11) is 1.37. The fourth-order valence-corrected chi connectivity index (χ4v) is 4.47. The van der Waals surface area contributed by atoms with Crippen molar-refractivity contribution in [3.63, 3.8) is 0 Å². The molecular weight excluding hydrogens is 532 g/mol. The smallest absolute Gasteiger partial charge is 0.432 e. The molecule has 0 unspecified atom stereocenters. The van der Waals surface area contributed by atoms with Crippen LogP contribution in [-0.4, -0.2) is 32.6 Å². The number of ketones is 1. The number of nitrogens with zero attached hydrogens (tertiary/aromatic N) is 4. The van der Waals surface area contributed by atoms with Gasteiger partial charge >= 0.3 is 6.18 Å². The van der Waals surface area contributed by atoms with Crippen LogP contribution in [-0.2, 0) is 12.7 Å². The molecule has 0 radical (unpaired) electrons. The van der Waals surface area contributed by atoms with Crippen LogP contribution in [0.1, 0.15) is 27.4 Å². The maximum atomic E-state index is 14.6. The Hall–Kier alpha value is -3.89. The van der Waals surface area contributed by atoms with E-state index >= 15 is 0 Å². The number of benzene rings is 2. The molecule has 5 aromatic rings. The molecule has 0 fully saturated rings. The largest absolute Gasteiger partial charge is 0.497 e. The summed E-state index contributed by atoms with van der Waals surface area (Å²) in [6.07, 6.45) is -1.97. The summed E-state index contributed by atoms with van der Waals surface area (Å²) in [6, 6.07) is 12.0. The number of aromatic nitrogens is 4. The topological polar surface area (TPSA) is 83.0 Å². The van der Waals surface area contributed by atoms with E-state index in [1.807, 2.05) is 0 Å². The summed E-state index contributed by atoms with van der Waals surface area (Å²) >= 11 is 12.2. The molecule has 0 saturated carbocycles. The van der Waals surface area contributed by atoms with Crippen LogP contribution in [0.2, 0.25) is 10.0 Å². The van der Waals surface area contributed by atoms with Crippen molar-refractivity contribution in [2.24, 2.45) is 0 Å². The van der Waals surface area contributed by atoms with Crippen molar-refractivity contribution in [1.82, 2.24) is 19.7 Å². The summed E-state index contributed by atoms with van der Waals surface area (Å²) in [4.78, 5) is 21.5. The third-order valence-corrected chi connectivity index (χ3v) is 6.23. The van der Waals surface area contributed by atoms with Crippen LogP contribution < -0.4 is 4.74 Å². The number of halogens is 5. The average Bonchev–Trinajstić information content (AvgIpc) is 3.49. The van der Waals surface area contributed by atoms with Crippen LogP contribution in [0, 0.1) is 0 Å². The van der Waals surface area contributed by atoms with Crippen molar-refractivity contribution in [3.8, 4) is 17.2 Å². The molecule has 0 saturated heterocycles. The summed E-state index contributed by atoms with van der Waals surface area (Å²) < 4.78 is 55.2. The van der Waals surface area contributed by atoms with Crippen molar-refractivity contribution in [2.45, 2.75) is 12.7 Å². The fraction of sp³-hybridized carbons (Fsp3) is 0.120. The van der Waals surface area contributed by atoms with Gasteiger partial charge in [0.1, 0.15) is 11.4 Å². The van der Waals surface area contributed by atoms with E-state index in [0.717, 1.165) is 4.57 Å². The van der Waals surface area contributed by atoms with Crippen molar-refractivity contribution >= 4 is 39.9 Å². The van der Waals surface area contributed by atoms with Gasteiger partial charge in [-0.2, -0.15) is 18.2 Å². The highest BCUT2D eigenvalue weighted by molar-refractivity contribution is 6.35. The molecule has 12 heteroatoms. The van der Waals surface area contributed by atoms with E-state index in [-0.39, 0.29) is 34.1 Å². The number of carbonyl (C=O) groups excluding carboxylic acids is 1. The van der Waals surface area contributed by atoms with E-state index in [0.29, 0.717) is 16.1 Å². The average molecular weight is 547 g/mol. The molecule has 5 rings (SSSR count). The van der Waals surface area contributed by atoms with E-state index in [9.17, 15) is 18.0 Å². The number of pyridine rings is 1. The van der Waals surface area contributed by atoms with Gasteiger partial charge < -0.3 is 13.8 Å². The first kappa shape index (κ1) is 24.8. The first-order valence-corrected chi connectivity index (χ1v) is 11.4. The maximum Gasteiger partial charge on any atom is 0.432 e. The number of alkyl halides is 3. The molecule has 0 aliphatic heterocycles. The molecule has 0 aliphatic carbocycles.